The molecule has 0 aliphatic rings. The topological polar surface area (TPSA) is 73.2 Å². The number of rotatable bonds is 6. The number of benzene rings is 4. The van der Waals surface area contributed by atoms with Crippen LogP contribution in [0.3, 0.4) is 0 Å². The first-order chi connectivity index (χ1) is 16.6. The average Bonchev–Trinajstić information content (AvgIpc) is 2.89. The van der Waals surface area contributed by atoms with Crippen LogP contribution in [0, 0.1) is 0 Å². The van der Waals surface area contributed by atoms with Gasteiger partial charge in [0.05, 0.1) is 19.0 Å². The van der Waals surface area contributed by atoms with Gasteiger partial charge in [-0.3, -0.25) is 9.59 Å². The van der Waals surface area contributed by atoms with Crippen molar-refractivity contribution in [1.29, 1.82) is 0 Å². The SMILES string of the molecule is COc1ccc2cc(CNC(=O)c3nn(Cc4ccccc4)c(=O)c4ccccc34)ccc2c1. The second kappa shape index (κ2) is 9.19. The summed E-state index contributed by atoms with van der Waals surface area (Å²) >= 11 is 0. The van der Waals surface area contributed by atoms with Gasteiger partial charge in [0.15, 0.2) is 5.69 Å². The largest absolute Gasteiger partial charge is 0.497 e. The van der Waals surface area contributed by atoms with Gasteiger partial charge in [0, 0.05) is 11.9 Å². The fourth-order valence-corrected chi connectivity index (χ4v) is 4.04. The summed E-state index contributed by atoms with van der Waals surface area (Å²) < 4.78 is 6.64. The minimum Gasteiger partial charge on any atom is -0.497 e. The summed E-state index contributed by atoms with van der Waals surface area (Å²) in [6.45, 7) is 0.632. The van der Waals surface area contributed by atoms with Crippen molar-refractivity contribution in [3.63, 3.8) is 0 Å². The van der Waals surface area contributed by atoms with Gasteiger partial charge in [-0.25, -0.2) is 4.68 Å². The molecular formula is C28H23N3O3. The number of ether oxygens (including phenoxy) is 1. The highest BCUT2D eigenvalue weighted by atomic mass is 16.5. The van der Waals surface area contributed by atoms with E-state index in [1.807, 2.05) is 66.7 Å². The molecule has 34 heavy (non-hydrogen) atoms. The molecule has 6 nitrogen and oxygen atoms in total. The zero-order valence-electron chi connectivity index (χ0n) is 18.7. The number of carbonyl (C=O) groups is 1. The van der Waals surface area contributed by atoms with Crippen LogP contribution in [0.4, 0.5) is 0 Å². The molecule has 1 N–H and O–H groups in total. The van der Waals surface area contributed by atoms with Crippen molar-refractivity contribution in [3.05, 3.63) is 118 Å². The zero-order valence-corrected chi connectivity index (χ0v) is 18.7. The van der Waals surface area contributed by atoms with Crippen LogP contribution in [0.25, 0.3) is 21.5 Å². The van der Waals surface area contributed by atoms with Crippen molar-refractivity contribution in [2.45, 2.75) is 13.1 Å². The summed E-state index contributed by atoms with van der Waals surface area (Å²) in [5, 5.41) is 10.6. The molecule has 5 rings (SSSR count). The van der Waals surface area contributed by atoms with E-state index < -0.39 is 0 Å². The maximum atomic E-state index is 13.2. The molecular weight excluding hydrogens is 426 g/mol. The Morgan fingerprint density at radius 3 is 2.35 bits per heavy atom. The third-order valence-electron chi connectivity index (χ3n) is 5.82. The van der Waals surface area contributed by atoms with E-state index in [0.717, 1.165) is 27.6 Å². The van der Waals surface area contributed by atoms with Gasteiger partial charge in [-0.15, -0.1) is 0 Å². The Balaban J connectivity index is 1.44. The molecule has 0 aliphatic heterocycles. The highest BCUT2D eigenvalue weighted by Gasteiger charge is 2.17. The normalized spacial score (nSPS) is 11.0. The van der Waals surface area contributed by atoms with Crippen molar-refractivity contribution in [3.8, 4) is 5.75 Å². The van der Waals surface area contributed by atoms with E-state index in [-0.39, 0.29) is 17.2 Å². The molecule has 0 fully saturated rings. The summed E-state index contributed by atoms with van der Waals surface area (Å²) in [5.74, 6) is 0.477. The number of hydrogen-bond donors (Lipinski definition) is 1. The Hall–Kier alpha value is -4.45. The maximum absolute atomic E-state index is 13.2. The molecule has 0 unspecified atom stereocenters. The Labute approximate surface area is 196 Å². The molecule has 4 aromatic carbocycles. The Morgan fingerprint density at radius 2 is 1.56 bits per heavy atom. The quantitative estimate of drug-likeness (QED) is 0.413. The van der Waals surface area contributed by atoms with E-state index in [1.54, 1.807) is 31.4 Å². The molecule has 168 valence electrons. The molecule has 0 aliphatic carbocycles. The minimum atomic E-state index is -0.326. The van der Waals surface area contributed by atoms with Gasteiger partial charge in [-0.1, -0.05) is 66.7 Å². The number of nitrogens with one attached hydrogen (secondary N) is 1. The van der Waals surface area contributed by atoms with Gasteiger partial charge in [0.25, 0.3) is 11.5 Å². The summed E-state index contributed by atoms with van der Waals surface area (Å²) in [5.41, 5.74) is 1.91. The number of aromatic nitrogens is 2. The zero-order chi connectivity index (χ0) is 23.5. The smallest absolute Gasteiger partial charge is 0.274 e. The summed E-state index contributed by atoms with van der Waals surface area (Å²) in [7, 11) is 1.64. The van der Waals surface area contributed by atoms with Gasteiger partial charge in [-0.05, 0) is 46.2 Å². The molecule has 0 spiro atoms. The first kappa shape index (κ1) is 21.4. The molecule has 0 atom stereocenters. The molecule has 0 saturated carbocycles. The van der Waals surface area contributed by atoms with E-state index >= 15 is 0 Å². The second-order valence-electron chi connectivity index (χ2n) is 8.07. The van der Waals surface area contributed by atoms with E-state index in [0.29, 0.717) is 23.9 Å². The van der Waals surface area contributed by atoms with E-state index in [1.165, 1.54) is 4.68 Å². The second-order valence-corrected chi connectivity index (χ2v) is 8.07. The van der Waals surface area contributed by atoms with Crippen LogP contribution in [0.5, 0.6) is 5.75 Å². The molecule has 6 heteroatoms. The van der Waals surface area contributed by atoms with Crippen LogP contribution < -0.4 is 15.6 Å². The van der Waals surface area contributed by atoms with E-state index in [2.05, 4.69) is 10.4 Å². The van der Waals surface area contributed by atoms with Gasteiger partial charge < -0.3 is 10.1 Å². The van der Waals surface area contributed by atoms with Crippen molar-refractivity contribution >= 4 is 27.5 Å². The lowest BCUT2D eigenvalue weighted by Gasteiger charge is -2.12. The van der Waals surface area contributed by atoms with Crippen molar-refractivity contribution in [2.75, 3.05) is 7.11 Å². The van der Waals surface area contributed by atoms with Crippen LogP contribution >= 0.6 is 0 Å². The molecule has 0 bridgehead atoms. The molecule has 1 heterocycles. The fraction of sp³-hybridized carbons (Fsp3) is 0.107. The highest BCUT2D eigenvalue weighted by molar-refractivity contribution is 6.04. The number of nitrogens with zero attached hydrogens (tertiary/aromatic N) is 2. The molecule has 0 radical (unpaired) electrons. The number of methoxy groups -OCH3 is 1. The van der Waals surface area contributed by atoms with Gasteiger partial charge in [0.2, 0.25) is 0 Å². The van der Waals surface area contributed by atoms with E-state index in [9.17, 15) is 9.59 Å². The third-order valence-corrected chi connectivity index (χ3v) is 5.82. The third kappa shape index (κ3) is 4.26. The van der Waals surface area contributed by atoms with Crippen molar-refractivity contribution < 1.29 is 9.53 Å². The molecule has 1 aromatic heterocycles. The summed E-state index contributed by atoms with van der Waals surface area (Å²) in [6, 6.07) is 28.6. The first-order valence-electron chi connectivity index (χ1n) is 11.0. The maximum Gasteiger partial charge on any atom is 0.274 e. The fourth-order valence-electron chi connectivity index (χ4n) is 4.04. The number of carbonyl (C=O) groups excluding carboxylic acids is 1. The predicted molar refractivity (Wildman–Crippen MR) is 133 cm³/mol. The van der Waals surface area contributed by atoms with Crippen LogP contribution in [-0.4, -0.2) is 22.8 Å². The summed E-state index contributed by atoms with van der Waals surface area (Å²) in [6.07, 6.45) is 0. The molecule has 1 amide bonds. The predicted octanol–water partition coefficient (Wildman–Crippen LogP) is 4.54. The minimum absolute atomic E-state index is 0.221. The van der Waals surface area contributed by atoms with Gasteiger partial charge in [-0.2, -0.15) is 5.10 Å². The van der Waals surface area contributed by atoms with Gasteiger partial charge in [0.1, 0.15) is 5.75 Å². The standard InChI is InChI=1S/C28H23N3O3/c1-34-23-14-13-21-15-20(11-12-22(21)16-23)17-29-27(32)26-24-9-5-6-10-25(24)28(33)31(30-26)18-19-7-3-2-4-8-19/h2-16H,17-18H2,1H3,(H,29,32). The average molecular weight is 450 g/mol. The first-order valence-corrected chi connectivity index (χ1v) is 11.0. The Kier molecular flexibility index (Phi) is 5.79. The number of amides is 1. The molecule has 5 aromatic rings. The Bertz CT molecular complexity index is 1560. The lowest BCUT2D eigenvalue weighted by molar-refractivity contribution is 0.0945. The van der Waals surface area contributed by atoms with Crippen LogP contribution in [0.1, 0.15) is 21.6 Å². The Morgan fingerprint density at radius 1 is 0.853 bits per heavy atom. The lowest BCUT2D eigenvalue weighted by Crippen LogP contribution is -2.30. The molecule has 0 saturated heterocycles. The monoisotopic (exact) mass is 449 g/mol. The lowest BCUT2D eigenvalue weighted by atomic mass is 10.1. The number of hydrogen-bond acceptors (Lipinski definition) is 4. The number of fused-ring (bicyclic) bond motifs is 2. The van der Waals surface area contributed by atoms with Crippen LogP contribution in [0.2, 0.25) is 0 Å². The summed E-state index contributed by atoms with van der Waals surface area (Å²) in [4.78, 5) is 26.2. The van der Waals surface area contributed by atoms with Crippen molar-refractivity contribution in [1.82, 2.24) is 15.1 Å². The van der Waals surface area contributed by atoms with E-state index in [4.69, 9.17) is 4.74 Å². The van der Waals surface area contributed by atoms with Crippen LogP contribution in [0.15, 0.2) is 95.8 Å². The highest BCUT2D eigenvalue weighted by Crippen LogP contribution is 2.22. The van der Waals surface area contributed by atoms with Crippen LogP contribution in [-0.2, 0) is 13.1 Å². The van der Waals surface area contributed by atoms with Crippen molar-refractivity contribution in [2.24, 2.45) is 0 Å². The van der Waals surface area contributed by atoms with Gasteiger partial charge >= 0.3 is 0 Å².